The van der Waals surface area contributed by atoms with Gasteiger partial charge in [-0.05, 0) is 17.5 Å². The number of thiophene rings is 1. The Labute approximate surface area is 131 Å². The number of imide groups is 1. The van der Waals surface area contributed by atoms with Crippen LogP contribution in [0, 0.1) is 0 Å². The van der Waals surface area contributed by atoms with Gasteiger partial charge in [-0.15, -0.1) is 11.3 Å². The van der Waals surface area contributed by atoms with E-state index in [1.54, 1.807) is 11.0 Å². The van der Waals surface area contributed by atoms with Crippen LogP contribution in [0.1, 0.15) is 9.67 Å². The summed E-state index contributed by atoms with van der Waals surface area (Å²) in [6.07, 6.45) is 0. The van der Waals surface area contributed by atoms with Crippen LogP contribution >= 0.6 is 23.1 Å². The number of carbonyl (C=O) groups excluding carboxylic acids is 2. The number of benzene rings is 1. The first-order valence-electron chi connectivity index (χ1n) is 6.65. The molecular weight excluding hydrogens is 310 g/mol. The Balaban J connectivity index is 1.78. The molecule has 0 radical (unpaired) electrons. The fraction of sp³-hybridized carbons (Fsp3) is 0.286. The third-order valence-electron chi connectivity index (χ3n) is 3.37. The summed E-state index contributed by atoms with van der Waals surface area (Å²) in [5.74, 6) is -0.471. The second kappa shape index (κ2) is 6.01. The molecule has 3 amide bonds. The Kier molecular flexibility index (Phi) is 4.10. The van der Waals surface area contributed by atoms with E-state index in [4.69, 9.17) is 11.8 Å². The number of piperazine rings is 1. The van der Waals surface area contributed by atoms with Crippen molar-refractivity contribution in [3.05, 3.63) is 35.2 Å². The fourth-order valence-corrected chi connectivity index (χ4v) is 3.49. The Hall–Kier alpha value is -1.63. The number of rotatable bonds is 1. The van der Waals surface area contributed by atoms with Gasteiger partial charge < -0.3 is 10.2 Å². The molecule has 7 heteroatoms. The average Bonchev–Trinajstić information content (AvgIpc) is 2.97. The van der Waals surface area contributed by atoms with Crippen molar-refractivity contribution in [2.45, 2.75) is 0 Å². The first-order chi connectivity index (χ1) is 10.2. The molecule has 5 nitrogen and oxygen atoms in total. The Morgan fingerprint density at radius 2 is 1.95 bits per heavy atom. The zero-order chi connectivity index (χ0) is 14.8. The minimum atomic E-state index is -0.471. The van der Waals surface area contributed by atoms with Gasteiger partial charge in [-0.25, -0.2) is 4.79 Å². The number of nitrogens with one attached hydrogen (secondary N) is 1. The second-order valence-electron chi connectivity index (χ2n) is 4.75. The molecule has 0 unspecified atom stereocenters. The molecule has 0 spiro atoms. The lowest BCUT2D eigenvalue weighted by molar-refractivity contribution is 0.0862. The molecule has 0 saturated carbocycles. The number of amides is 3. The number of urea groups is 1. The average molecular weight is 324 g/mol. The SMILES string of the molecule is O=C(c1cc2ccccc2s1)N(Cl)C(=O)N1CCNCC1. The van der Waals surface area contributed by atoms with Crippen molar-refractivity contribution >= 4 is 45.1 Å². The van der Waals surface area contributed by atoms with Crippen LogP contribution in [-0.4, -0.2) is 47.4 Å². The van der Waals surface area contributed by atoms with E-state index in [1.165, 1.54) is 11.3 Å². The highest BCUT2D eigenvalue weighted by Crippen LogP contribution is 2.27. The predicted molar refractivity (Wildman–Crippen MR) is 83.7 cm³/mol. The predicted octanol–water partition coefficient (Wildman–Crippen LogP) is 2.52. The summed E-state index contributed by atoms with van der Waals surface area (Å²) >= 11 is 7.30. The lowest BCUT2D eigenvalue weighted by Gasteiger charge is -2.29. The number of nitrogens with zero attached hydrogens (tertiary/aromatic N) is 2. The molecule has 110 valence electrons. The molecule has 1 aliphatic heterocycles. The molecule has 0 aliphatic carbocycles. The van der Waals surface area contributed by atoms with E-state index in [0.29, 0.717) is 35.5 Å². The van der Waals surface area contributed by atoms with Crippen molar-refractivity contribution in [3.63, 3.8) is 0 Å². The molecule has 2 aromatic rings. The van der Waals surface area contributed by atoms with Crippen molar-refractivity contribution in [3.8, 4) is 0 Å². The maximum atomic E-state index is 12.3. The highest BCUT2D eigenvalue weighted by Gasteiger charge is 2.28. The first-order valence-corrected chi connectivity index (χ1v) is 7.81. The Morgan fingerprint density at radius 1 is 1.24 bits per heavy atom. The highest BCUT2D eigenvalue weighted by atomic mass is 35.5. The van der Waals surface area contributed by atoms with Gasteiger partial charge >= 0.3 is 6.03 Å². The third kappa shape index (κ3) is 2.88. The minimum Gasteiger partial charge on any atom is -0.321 e. The largest absolute Gasteiger partial charge is 0.342 e. The first kappa shape index (κ1) is 14.3. The molecule has 1 N–H and O–H groups in total. The number of hydrogen-bond donors (Lipinski definition) is 1. The standard InChI is InChI=1S/C14H14ClN3O2S/c15-18(14(20)17-7-5-16-6-8-17)13(19)12-9-10-3-1-2-4-11(10)21-12/h1-4,9,16H,5-8H2. The van der Waals surface area contributed by atoms with Crippen LogP contribution in [0.15, 0.2) is 30.3 Å². The summed E-state index contributed by atoms with van der Waals surface area (Å²) in [6, 6.07) is 9.00. The van der Waals surface area contributed by atoms with Gasteiger partial charge in [0.2, 0.25) is 0 Å². The number of halogens is 1. The Bertz CT molecular complexity index is 649. The van der Waals surface area contributed by atoms with E-state index < -0.39 is 11.9 Å². The molecule has 1 fully saturated rings. The van der Waals surface area contributed by atoms with Gasteiger partial charge in [0.05, 0.1) is 4.88 Å². The number of hydrogen-bond acceptors (Lipinski definition) is 4. The maximum Gasteiger partial charge on any atom is 0.342 e. The van der Waals surface area contributed by atoms with Crippen LogP contribution in [0.2, 0.25) is 0 Å². The van der Waals surface area contributed by atoms with E-state index >= 15 is 0 Å². The number of carbonyl (C=O) groups is 2. The van der Waals surface area contributed by atoms with Crippen molar-refractivity contribution < 1.29 is 9.59 Å². The molecule has 1 aromatic carbocycles. The van der Waals surface area contributed by atoms with Gasteiger partial charge in [0.25, 0.3) is 5.91 Å². The summed E-state index contributed by atoms with van der Waals surface area (Å²) < 4.78 is 1.69. The minimum absolute atomic E-state index is 0.458. The van der Waals surface area contributed by atoms with Crippen molar-refractivity contribution in [1.82, 2.24) is 14.6 Å². The topological polar surface area (TPSA) is 52.7 Å². The molecule has 2 heterocycles. The van der Waals surface area contributed by atoms with E-state index in [1.807, 2.05) is 24.3 Å². The summed E-state index contributed by atoms with van der Waals surface area (Å²) in [7, 11) is 0. The van der Waals surface area contributed by atoms with Crippen LogP contribution in [-0.2, 0) is 0 Å². The van der Waals surface area contributed by atoms with E-state index in [-0.39, 0.29) is 0 Å². The van der Waals surface area contributed by atoms with E-state index in [9.17, 15) is 9.59 Å². The molecule has 1 saturated heterocycles. The molecule has 0 atom stereocenters. The molecule has 3 rings (SSSR count). The van der Waals surface area contributed by atoms with Crippen molar-refractivity contribution in [2.75, 3.05) is 26.2 Å². The van der Waals surface area contributed by atoms with Gasteiger partial charge in [-0.1, -0.05) is 18.2 Å². The molecule has 1 aromatic heterocycles. The lowest BCUT2D eigenvalue weighted by Crippen LogP contribution is -2.50. The third-order valence-corrected chi connectivity index (χ3v) is 4.77. The summed E-state index contributed by atoms with van der Waals surface area (Å²) in [5.41, 5.74) is 0. The van der Waals surface area contributed by atoms with Crippen LogP contribution in [0.25, 0.3) is 10.1 Å². The zero-order valence-electron chi connectivity index (χ0n) is 11.2. The van der Waals surface area contributed by atoms with Crippen LogP contribution in [0.4, 0.5) is 4.79 Å². The van der Waals surface area contributed by atoms with Crippen LogP contribution in [0.5, 0.6) is 0 Å². The zero-order valence-corrected chi connectivity index (χ0v) is 12.8. The van der Waals surface area contributed by atoms with Gasteiger partial charge in [0, 0.05) is 42.7 Å². The van der Waals surface area contributed by atoms with Gasteiger partial charge in [0.15, 0.2) is 0 Å². The normalized spacial score (nSPS) is 15.2. The van der Waals surface area contributed by atoms with Gasteiger partial charge in [-0.2, -0.15) is 4.42 Å². The quantitative estimate of drug-likeness (QED) is 0.820. The van der Waals surface area contributed by atoms with Gasteiger partial charge in [0.1, 0.15) is 0 Å². The molecule has 21 heavy (non-hydrogen) atoms. The molecular formula is C14H14ClN3O2S. The van der Waals surface area contributed by atoms with E-state index in [0.717, 1.165) is 10.1 Å². The summed E-state index contributed by atoms with van der Waals surface area (Å²) in [5, 5.41) is 4.13. The van der Waals surface area contributed by atoms with Crippen LogP contribution in [0.3, 0.4) is 0 Å². The number of fused-ring (bicyclic) bond motifs is 1. The summed E-state index contributed by atoms with van der Waals surface area (Å²) in [6.45, 7) is 2.55. The van der Waals surface area contributed by atoms with Crippen molar-refractivity contribution in [1.29, 1.82) is 0 Å². The summed E-state index contributed by atoms with van der Waals surface area (Å²) in [4.78, 5) is 26.6. The second-order valence-corrected chi connectivity index (χ2v) is 6.18. The van der Waals surface area contributed by atoms with Gasteiger partial charge in [-0.3, -0.25) is 4.79 Å². The highest BCUT2D eigenvalue weighted by molar-refractivity contribution is 7.20. The van der Waals surface area contributed by atoms with Crippen LogP contribution < -0.4 is 5.32 Å². The van der Waals surface area contributed by atoms with Crippen molar-refractivity contribution in [2.24, 2.45) is 0 Å². The smallest absolute Gasteiger partial charge is 0.321 e. The maximum absolute atomic E-state index is 12.3. The van der Waals surface area contributed by atoms with E-state index in [2.05, 4.69) is 5.32 Å². The monoisotopic (exact) mass is 323 g/mol. The lowest BCUT2D eigenvalue weighted by atomic mass is 10.2. The Morgan fingerprint density at radius 3 is 2.67 bits per heavy atom. The fourth-order valence-electron chi connectivity index (χ4n) is 2.25. The molecule has 1 aliphatic rings. The molecule has 0 bridgehead atoms.